The first kappa shape index (κ1) is 12.8. The number of hydrogen-bond acceptors (Lipinski definition) is 1. The summed E-state index contributed by atoms with van der Waals surface area (Å²) in [6.45, 7) is 5.30. The van der Waals surface area contributed by atoms with Crippen LogP contribution in [0.2, 0.25) is 0 Å². The topological polar surface area (TPSA) is 12.0 Å². The highest BCUT2D eigenvalue weighted by atomic mass is 79.9. The molecule has 0 aliphatic heterocycles. The molecule has 1 aromatic rings. The minimum absolute atomic E-state index is 0.638. The monoisotopic (exact) mass is 293 g/mol. The van der Waals surface area contributed by atoms with E-state index in [1.807, 2.05) is 0 Å². The summed E-state index contributed by atoms with van der Waals surface area (Å²) in [5.74, 6) is 0. The Hall–Kier alpha value is -0.600. The second-order valence-corrected chi connectivity index (χ2v) is 5.96. The maximum atomic E-state index is 3.62. The molecule has 0 radical (unpaired) electrons. The Morgan fingerprint density at radius 2 is 2.24 bits per heavy atom. The molecule has 1 N–H and O–H groups in total. The van der Waals surface area contributed by atoms with Crippen molar-refractivity contribution in [2.45, 2.75) is 39.2 Å². The maximum Gasteiger partial charge on any atom is 0.0178 e. The van der Waals surface area contributed by atoms with Crippen molar-refractivity contribution >= 4 is 15.9 Å². The Morgan fingerprint density at radius 3 is 3.00 bits per heavy atom. The summed E-state index contributed by atoms with van der Waals surface area (Å²) >= 11 is 3.54. The van der Waals surface area contributed by atoms with Crippen LogP contribution >= 0.6 is 15.9 Å². The molecule has 0 heterocycles. The van der Waals surface area contributed by atoms with Gasteiger partial charge in [0.15, 0.2) is 0 Å². The molecule has 0 aromatic heterocycles. The molecule has 1 aromatic carbocycles. The van der Waals surface area contributed by atoms with E-state index >= 15 is 0 Å². The van der Waals surface area contributed by atoms with Crippen LogP contribution in [0.3, 0.4) is 0 Å². The summed E-state index contributed by atoms with van der Waals surface area (Å²) in [7, 11) is 0. The fourth-order valence-electron chi connectivity index (χ4n) is 2.33. The van der Waals surface area contributed by atoms with Crippen LogP contribution in [0.15, 0.2) is 34.3 Å². The van der Waals surface area contributed by atoms with E-state index in [4.69, 9.17) is 0 Å². The van der Waals surface area contributed by atoms with Gasteiger partial charge in [-0.2, -0.15) is 0 Å². The van der Waals surface area contributed by atoms with E-state index in [0.29, 0.717) is 6.04 Å². The SMILES string of the molecule is CC(C)=CCNC1CCc2cc(Br)ccc2C1. The quantitative estimate of drug-likeness (QED) is 0.835. The zero-order chi connectivity index (χ0) is 12.3. The molecule has 1 unspecified atom stereocenters. The summed E-state index contributed by atoms with van der Waals surface area (Å²) in [4.78, 5) is 0. The van der Waals surface area contributed by atoms with E-state index in [0.717, 1.165) is 6.54 Å². The molecule has 0 saturated carbocycles. The Morgan fingerprint density at radius 1 is 1.41 bits per heavy atom. The first-order valence-corrected chi connectivity index (χ1v) is 7.08. The molecular formula is C15H20BrN. The number of hydrogen-bond donors (Lipinski definition) is 1. The van der Waals surface area contributed by atoms with Gasteiger partial charge in [0.1, 0.15) is 0 Å². The molecule has 92 valence electrons. The third-order valence-electron chi connectivity index (χ3n) is 3.31. The van der Waals surface area contributed by atoms with Gasteiger partial charge in [0.25, 0.3) is 0 Å². The first-order chi connectivity index (χ1) is 8.15. The minimum Gasteiger partial charge on any atom is -0.310 e. The smallest absolute Gasteiger partial charge is 0.0178 e. The highest BCUT2D eigenvalue weighted by Crippen LogP contribution is 2.24. The van der Waals surface area contributed by atoms with Crippen molar-refractivity contribution in [3.8, 4) is 0 Å². The Labute approximate surface area is 112 Å². The van der Waals surface area contributed by atoms with Gasteiger partial charge in [-0.3, -0.25) is 0 Å². The van der Waals surface area contributed by atoms with Gasteiger partial charge in [-0.25, -0.2) is 0 Å². The minimum atomic E-state index is 0.638. The predicted octanol–water partition coefficient (Wildman–Crippen LogP) is 3.86. The molecule has 0 spiro atoms. The first-order valence-electron chi connectivity index (χ1n) is 6.29. The van der Waals surface area contributed by atoms with Crippen molar-refractivity contribution in [2.24, 2.45) is 0 Å². The van der Waals surface area contributed by atoms with Crippen LogP contribution in [0.25, 0.3) is 0 Å². The fourth-order valence-corrected chi connectivity index (χ4v) is 2.74. The number of aryl methyl sites for hydroxylation is 1. The average molecular weight is 294 g/mol. The van der Waals surface area contributed by atoms with Crippen molar-refractivity contribution < 1.29 is 0 Å². The molecule has 0 fully saturated rings. The second-order valence-electron chi connectivity index (χ2n) is 5.04. The molecule has 2 rings (SSSR count). The summed E-state index contributed by atoms with van der Waals surface area (Å²) in [6, 6.07) is 7.31. The van der Waals surface area contributed by atoms with Crippen LogP contribution in [0.1, 0.15) is 31.4 Å². The zero-order valence-electron chi connectivity index (χ0n) is 10.6. The third-order valence-corrected chi connectivity index (χ3v) is 3.81. The number of halogens is 1. The molecule has 2 heteroatoms. The highest BCUT2D eigenvalue weighted by molar-refractivity contribution is 9.10. The van der Waals surface area contributed by atoms with E-state index in [2.05, 4.69) is 59.4 Å². The van der Waals surface area contributed by atoms with E-state index in [9.17, 15) is 0 Å². The summed E-state index contributed by atoms with van der Waals surface area (Å²) in [5.41, 5.74) is 4.41. The van der Waals surface area contributed by atoms with Gasteiger partial charge >= 0.3 is 0 Å². The number of rotatable bonds is 3. The Kier molecular flexibility index (Phi) is 4.41. The van der Waals surface area contributed by atoms with Crippen LogP contribution < -0.4 is 5.32 Å². The summed E-state index contributed by atoms with van der Waals surface area (Å²) < 4.78 is 1.20. The zero-order valence-corrected chi connectivity index (χ0v) is 12.2. The maximum absolute atomic E-state index is 3.62. The van der Waals surface area contributed by atoms with Gasteiger partial charge in [0.05, 0.1) is 0 Å². The largest absolute Gasteiger partial charge is 0.310 e. The second kappa shape index (κ2) is 5.83. The lowest BCUT2D eigenvalue weighted by Gasteiger charge is -2.25. The van der Waals surface area contributed by atoms with Crippen LogP contribution in [0.4, 0.5) is 0 Å². The molecule has 0 amide bonds. The van der Waals surface area contributed by atoms with Gasteiger partial charge in [-0.05, 0) is 56.4 Å². The Bertz CT molecular complexity index is 419. The molecule has 1 aliphatic carbocycles. The van der Waals surface area contributed by atoms with Crippen LogP contribution in [0.5, 0.6) is 0 Å². The lowest BCUT2D eigenvalue weighted by Crippen LogP contribution is -2.34. The van der Waals surface area contributed by atoms with E-state index < -0.39 is 0 Å². The molecule has 1 aliphatic rings. The average Bonchev–Trinajstić information content (AvgIpc) is 2.29. The number of benzene rings is 1. The van der Waals surface area contributed by atoms with E-state index in [-0.39, 0.29) is 0 Å². The highest BCUT2D eigenvalue weighted by Gasteiger charge is 2.17. The normalized spacial score (nSPS) is 18.6. The number of nitrogens with one attached hydrogen (secondary N) is 1. The van der Waals surface area contributed by atoms with Crippen molar-refractivity contribution in [1.82, 2.24) is 5.32 Å². The predicted molar refractivity (Wildman–Crippen MR) is 77.4 cm³/mol. The van der Waals surface area contributed by atoms with Crippen LogP contribution in [-0.4, -0.2) is 12.6 Å². The van der Waals surface area contributed by atoms with Gasteiger partial charge < -0.3 is 5.32 Å². The number of allylic oxidation sites excluding steroid dienone is 1. The summed E-state index contributed by atoms with van der Waals surface area (Å²) in [6.07, 6.45) is 5.87. The van der Waals surface area contributed by atoms with Crippen molar-refractivity contribution in [3.63, 3.8) is 0 Å². The van der Waals surface area contributed by atoms with Crippen LogP contribution in [-0.2, 0) is 12.8 Å². The lowest BCUT2D eigenvalue weighted by molar-refractivity contribution is 0.479. The van der Waals surface area contributed by atoms with Crippen LogP contribution in [0, 0.1) is 0 Å². The van der Waals surface area contributed by atoms with Gasteiger partial charge in [0.2, 0.25) is 0 Å². The van der Waals surface area contributed by atoms with E-state index in [1.165, 1.54) is 40.4 Å². The molecular weight excluding hydrogens is 274 g/mol. The van der Waals surface area contributed by atoms with Gasteiger partial charge in [-0.15, -0.1) is 0 Å². The van der Waals surface area contributed by atoms with Crippen molar-refractivity contribution in [2.75, 3.05) is 6.54 Å². The lowest BCUT2D eigenvalue weighted by atomic mass is 9.88. The number of fused-ring (bicyclic) bond motifs is 1. The fraction of sp³-hybridized carbons (Fsp3) is 0.467. The van der Waals surface area contributed by atoms with Crippen molar-refractivity contribution in [3.05, 3.63) is 45.4 Å². The molecule has 1 nitrogen and oxygen atoms in total. The van der Waals surface area contributed by atoms with Gasteiger partial charge in [-0.1, -0.05) is 33.6 Å². The molecule has 1 atom stereocenters. The standard InChI is InChI=1S/C15H20BrN/c1-11(2)7-8-17-15-6-4-12-9-14(16)5-3-13(12)10-15/h3,5,7,9,15,17H,4,6,8,10H2,1-2H3. The Balaban J connectivity index is 1.94. The van der Waals surface area contributed by atoms with Gasteiger partial charge in [0, 0.05) is 17.1 Å². The third kappa shape index (κ3) is 3.68. The van der Waals surface area contributed by atoms with Crippen molar-refractivity contribution in [1.29, 1.82) is 0 Å². The van der Waals surface area contributed by atoms with E-state index in [1.54, 1.807) is 0 Å². The molecule has 17 heavy (non-hydrogen) atoms. The molecule has 0 saturated heterocycles. The molecule has 0 bridgehead atoms. The summed E-state index contributed by atoms with van der Waals surface area (Å²) in [5, 5.41) is 3.62.